The van der Waals surface area contributed by atoms with Gasteiger partial charge in [0.2, 0.25) is 0 Å². The van der Waals surface area contributed by atoms with E-state index in [-0.39, 0.29) is 5.60 Å². The Morgan fingerprint density at radius 1 is 1.19 bits per heavy atom. The first-order valence-corrected chi connectivity index (χ1v) is 8.89. The Morgan fingerprint density at radius 2 is 1.90 bits per heavy atom. The van der Waals surface area contributed by atoms with E-state index in [1.807, 2.05) is 0 Å². The monoisotopic (exact) mass is 297 g/mol. The van der Waals surface area contributed by atoms with Crippen molar-refractivity contribution in [3.05, 3.63) is 0 Å². The molecule has 2 aliphatic heterocycles. The normalized spacial score (nSPS) is 27.7. The van der Waals surface area contributed by atoms with Crippen LogP contribution in [0.1, 0.15) is 66.2 Å². The molecule has 1 N–H and O–H groups in total. The third-order valence-electron chi connectivity index (χ3n) is 4.99. The van der Waals surface area contributed by atoms with Crippen LogP contribution in [0.5, 0.6) is 0 Å². The van der Waals surface area contributed by atoms with Crippen molar-refractivity contribution in [1.29, 1.82) is 0 Å². The summed E-state index contributed by atoms with van der Waals surface area (Å²) in [5, 5.41) is 3.83. The van der Waals surface area contributed by atoms with E-state index in [9.17, 15) is 0 Å². The lowest BCUT2D eigenvalue weighted by molar-refractivity contribution is -0.151. The summed E-state index contributed by atoms with van der Waals surface area (Å²) in [7, 11) is 0. The summed E-state index contributed by atoms with van der Waals surface area (Å²) in [5.74, 6) is 0.752. The molecule has 2 atom stereocenters. The quantitative estimate of drug-likeness (QED) is 0.838. The maximum atomic E-state index is 6.21. The second-order valence-electron chi connectivity index (χ2n) is 8.22. The second kappa shape index (κ2) is 7.43. The molecule has 2 aliphatic rings. The van der Waals surface area contributed by atoms with Crippen LogP contribution in [-0.4, -0.2) is 38.0 Å². The third-order valence-corrected chi connectivity index (χ3v) is 4.99. The van der Waals surface area contributed by atoms with Gasteiger partial charge in [-0.1, -0.05) is 27.7 Å². The fourth-order valence-corrected chi connectivity index (χ4v) is 3.90. The fraction of sp³-hybridized carbons (Fsp3) is 1.00. The highest BCUT2D eigenvalue weighted by molar-refractivity contribution is 4.93. The average molecular weight is 297 g/mol. The number of rotatable bonds is 5. The second-order valence-corrected chi connectivity index (χ2v) is 8.22. The van der Waals surface area contributed by atoms with Crippen molar-refractivity contribution < 1.29 is 9.47 Å². The first-order valence-electron chi connectivity index (χ1n) is 8.89. The van der Waals surface area contributed by atoms with Gasteiger partial charge >= 0.3 is 0 Å². The van der Waals surface area contributed by atoms with Crippen LogP contribution in [-0.2, 0) is 9.47 Å². The van der Waals surface area contributed by atoms with Gasteiger partial charge in [-0.3, -0.25) is 0 Å². The summed E-state index contributed by atoms with van der Waals surface area (Å²) >= 11 is 0. The summed E-state index contributed by atoms with van der Waals surface area (Å²) in [5.41, 5.74) is 0.498. The molecule has 1 spiro atoms. The first-order chi connectivity index (χ1) is 9.94. The Hall–Kier alpha value is -0.120. The molecule has 2 rings (SSSR count). The molecule has 0 aliphatic carbocycles. The Bertz CT molecular complexity index is 299. The molecule has 124 valence electrons. The largest absolute Gasteiger partial charge is 0.381 e. The summed E-state index contributed by atoms with van der Waals surface area (Å²) < 4.78 is 11.8. The number of ether oxygens (including phenoxy) is 2. The van der Waals surface area contributed by atoms with Crippen LogP contribution in [0, 0.1) is 11.3 Å². The van der Waals surface area contributed by atoms with Gasteiger partial charge in [-0.2, -0.15) is 0 Å². The smallest absolute Gasteiger partial charge is 0.0729 e. The van der Waals surface area contributed by atoms with E-state index < -0.39 is 0 Å². The van der Waals surface area contributed by atoms with Crippen LogP contribution in [0.2, 0.25) is 0 Å². The minimum Gasteiger partial charge on any atom is -0.381 e. The van der Waals surface area contributed by atoms with Crippen molar-refractivity contribution in [3.8, 4) is 0 Å². The summed E-state index contributed by atoms with van der Waals surface area (Å²) in [6, 6.07) is 0.633. The van der Waals surface area contributed by atoms with E-state index in [2.05, 4.69) is 33.0 Å². The molecule has 2 unspecified atom stereocenters. The van der Waals surface area contributed by atoms with Crippen molar-refractivity contribution in [2.45, 2.75) is 77.9 Å². The topological polar surface area (TPSA) is 30.5 Å². The molecule has 0 amide bonds. The highest BCUT2D eigenvalue weighted by Crippen LogP contribution is 2.40. The van der Waals surface area contributed by atoms with Gasteiger partial charge in [-0.15, -0.1) is 0 Å². The molecule has 0 aromatic carbocycles. The van der Waals surface area contributed by atoms with Gasteiger partial charge in [0.25, 0.3) is 0 Å². The van der Waals surface area contributed by atoms with Gasteiger partial charge in [-0.25, -0.2) is 0 Å². The van der Waals surface area contributed by atoms with E-state index in [1.165, 1.54) is 25.7 Å². The molecule has 21 heavy (non-hydrogen) atoms. The van der Waals surface area contributed by atoms with Crippen molar-refractivity contribution in [2.24, 2.45) is 11.3 Å². The minimum absolute atomic E-state index is 0.116. The Kier molecular flexibility index (Phi) is 6.10. The predicted molar refractivity (Wildman–Crippen MR) is 87.6 cm³/mol. The molecular formula is C18H35NO2. The summed E-state index contributed by atoms with van der Waals surface area (Å²) in [4.78, 5) is 0. The Labute approximate surface area is 131 Å². The van der Waals surface area contributed by atoms with Crippen molar-refractivity contribution in [1.82, 2.24) is 5.32 Å². The maximum Gasteiger partial charge on any atom is 0.0729 e. The van der Waals surface area contributed by atoms with Crippen LogP contribution in [0.4, 0.5) is 0 Å². The van der Waals surface area contributed by atoms with Crippen LogP contribution in [0.25, 0.3) is 0 Å². The molecule has 3 heteroatoms. The Balaban J connectivity index is 2.00. The van der Waals surface area contributed by atoms with E-state index >= 15 is 0 Å². The van der Waals surface area contributed by atoms with E-state index in [4.69, 9.17) is 9.47 Å². The SMILES string of the molecule is CCCNC(CC(C)(C)C)C1CCOC2(CCOCC2)C1. The zero-order valence-corrected chi connectivity index (χ0v) is 14.5. The van der Waals surface area contributed by atoms with Crippen LogP contribution in [0.15, 0.2) is 0 Å². The summed E-state index contributed by atoms with van der Waals surface area (Å²) in [6.45, 7) is 13.1. The first kappa shape index (κ1) is 17.2. The molecule has 2 fully saturated rings. The molecule has 0 aromatic rings. The van der Waals surface area contributed by atoms with Crippen molar-refractivity contribution >= 4 is 0 Å². The van der Waals surface area contributed by atoms with Gasteiger partial charge < -0.3 is 14.8 Å². The lowest BCUT2D eigenvalue weighted by atomic mass is 9.74. The van der Waals surface area contributed by atoms with Crippen molar-refractivity contribution in [2.75, 3.05) is 26.4 Å². The van der Waals surface area contributed by atoms with Gasteiger partial charge in [0.05, 0.1) is 5.60 Å². The standard InChI is InChI=1S/C18H35NO2/c1-5-9-19-16(14-17(2,3)4)15-6-10-21-18(13-15)7-11-20-12-8-18/h15-16,19H,5-14H2,1-4H3. The summed E-state index contributed by atoms with van der Waals surface area (Å²) in [6.07, 6.45) is 7.06. The predicted octanol–water partition coefficient (Wildman–Crippen LogP) is 3.77. The van der Waals surface area contributed by atoms with Crippen LogP contribution < -0.4 is 5.32 Å². The number of nitrogens with one attached hydrogen (secondary N) is 1. The van der Waals surface area contributed by atoms with Gasteiger partial charge in [0.1, 0.15) is 0 Å². The highest BCUT2D eigenvalue weighted by atomic mass is 16.5. The molecule has 0 saturated carbocycles. The fourth-order valence-electron chi connectivity index (χ4n) is 3.90. The molecule has 2 heterocycles. The molecule has 0 bridgehead atoms. The minimum atomic E-state index is 0.116. The molecule has 2 saturated heterocycles. The van der Waals surface area contributed by atoms with E-state index in [0.717, 1.165) is 45.1 Å². The number of hydrogen-bond acceptors (Lipinski definition) is 3. The highest BCUT2D eigenvalue weighted by Gasteiger charge is 2.41. The van der Waals surface area contributed by atoms with Crippen molar-refractivity contribution in [3.63, 3.8) is 0 Å². The molecule has 3 nitrogen and oxygen atoms in total. The van der Waals surface area contributed by atoms with Gasteiger partial charge in [0, 0.05) is 25.9 Å². The molecule has 0 aromatic heterocycles. The third kappa shape index (κ3) is 5.22. The average Bonchev–Trinajstić information content (AvgIpc) is 2.43. The lowest BCUT2D eigenvalue weighted by Gasteiger charge is -2.46. The number of hydrogen-bond donors (Lipinski definition) is 1. The van der Waals surface area contributed by atoms with Gasteiger partial charge in [0.15, 0.2) is 0 Å². The molecular weight excluding hydrogens is 262 g/mol. The lowest BCUT2D eigenvalue weighted by Crippen LogP contribution is -2.50. The van der Waals surface area contributed by atoms with Crippen LogP contribution in [0.3, 0.4) is 0 Å². The van der Waals surface area contributed by atoms with E-state index in [0.29, 0.717) is 11.5 Å². The van der Waals surface area contributed by atoms with Crippen LogP contribution >= 0.6 is 0 Å². The maximum absolute atomic E-state index is 6.21. The van der Waals surface area contributed by atoms with E-state index in [1.54, 1.807) is 0 Å². The zero-order chi connectivity index (χ0) is 15.3. The molecule has 0 radical (unpaired) electrons. The Morgan fingerprint density at radius 3 is 2.52 bits per heavy atom. The zero-order valence-electron chi connectivity index (χ0n) is 14.5. The van der Waals surface area contributed by atoms with Gasteiger partial charge in [-0.05, 0) is 56.4 Å².